The third-order valence-corrected chi connectivity index (χ3v) is 8.39. The smallest absolute Gasteiger partial charge is 0.336 e. The van der Waals surface area contributed by atoms with Gasteiger partial charge in [-0.3, -0.25) is 28.8 Å². The Kier molecular flexibility index (Phi) is 15.3. The van der Waals surface area contributed by atoms with E-state index >= 15 is 0 Å². The molecule has 0 N–H and O–H groups in total. The molecule has 20 heteroatoms. The fraction of sp³-hybridized carbons (Fsp3) is 0.568. The van der Waals surface area contributed by atoms with Gasteiger partial charge in [0.25, 0.3) is 0 Å². The van der Waals surface area contributed by atoms with Crippen molar-refractivity contribution in [3.05, 3.63) is 48.1 Å². The van der Waals surface area contributed by atoms with Gasteiger partial charge in [-0.25, -0.2) is 9.59 Å². The standard InChI is InChI=1S/C37H46N2O18/c1-19(51-37(47)27-11-9-13-39(15-27)35-33(55-25(7)45)31(53-23(5)43)29(57-35)18-49-21(3)41)16-50-36(46)26-10-8-12-38(14-26)34-32(54-24(6)44)30(52-22(4)42)28(56-34)17-48-20(2)40/h8-9,12-15,19,28-35H,10-11,16-18H2,1-7H3/t19?,28-,29-,30-,31-,32-,33-,34-,35-/m1/s1. The molecule has 0 aromatic carbocycles. The zero-order chi connectivity index (χ0) is 42.0. The molecular weight excluding hydrogens is 760 g/mol. The summed E-state index contributed by atoms with van der Waals surface area (Å²) in [5.74, 6) is -5.51. The van der Waals surface area contributed by atoms with Gasteiger partial charge in [-0.15, -0.1) is 0 Å². The monoisotopic (exact) mass is 806 g/mol. The molecule has 4 rings (SSSR count). The van der Waals surface area contributed by atoms with Gasteiger partial charge in [0.15, 0.2) is 36.9 Å². The second kappa shape index (κ2) is 19.9. The summed E-state index contributed by atoms with van der Waals surface area (Å²) in [6.07, 6.45) is -0.284. The molecule has 312 valence electrons. The van der Waals surface area contributed by atoms with Crippen LogP contribution < -0.4 is 0 Å². The van der Waals surface area contributed by atoms with Gasteiger partial charge in [0, 0.05) is 79.2 Å². The van der Waals surface area contributed by atoms with Crippen LogP contribution in [-0.4, -0.2) is 133 Å². The second-order valence-electron chi connectivity index (χ2n) is 13.2. The number of hydrogen-bond acceptors (Lipinski definition) is 20. The summed E-state index contributed by atoms with van der Waals surface area (Å²) in [6, 6.07) is 0. The second-order valence-corrected chi connectivity index (χ2v) is 13.2. The number of esters is 8. The van der Waals surface area contributed by atoms with Crippen LogP contribution in [0, 0.1) is 0 Å². The van der Waals surface area contributed by atoms with Crippen LogP contribution in [0.25, 0.3) is 0 Å². The molecule has 0 spiro atoms. The molecule has 0 bridgehead atoms. The van der Waals surface area contributed by atoms with E-state index in [1.54, 1.807) is 24.6 Å². The number of carbonyl (C=O) groups excluding carboxylic acids is 8. The van der Waals surface area contributed by atoms with Gasteiger partial charge >= 0.3 is 47.8 Å². The first-order chi connectivity index (χ1) is 26.9. The summed E-state index contributed by atoms with van der Waals surface area (Å²) in [5.41, 5.74) is 0.310. The SMILES string of the molecule is CC(=O)OC[C@H]1O[C@@H](N2C=CCC(C(=O)OCC(C)OC(=O)C3=CN([C@@H]4O[C@H](COC(C)=O)[C@@H](OC(C)=O)[C@H]4OC(C)=O)C=CC3)=C2)[C@H](OC(C)=O)[C@@H]1OC(C)=O. The number of carbonyl (C=O) groups is 8. The van der Waals surface area contributed by atoms with Crippen molar-refractivity contribution in [1.82, 2.24) is 9.80 Å². The van der Waals surface area contributed by atoms with E-state index in [-0.39, 0.29) is 43.8 Å². The molecular formula is C37H46N2O18. The molecule has 4 aliphatic rings. The van der Waals surface area contributed by atoms with Gasteiger partial charge in [-0.1, -0.05) is 12.2 Å². The fourth-order valence-corrected chi connectivity index (χ4v) is 6.19. The van der Waals surface area contributed by atoms with E-state index in [1.165, 1.54) is 43.0 Å². The minimum atomic E-state index is -1.17. The van der Waals surface area contributed by atoms with Gasteiger partial charge in [-0.2, -0.15) is 0 Å². The lowest BCUT2D eigenvalue weighted by Crippen LogP contribution is -2.45. The Morgan fingerprint density at radius 3 is 1.35 bits per heavy atom. The van der Waals surface area contributed by atoms with E-state index in [4.69, 9.17) is 47.4 Å². The highest BCUT2D eigenvalue weighted by Crippen LogP contribution is 2.34. The molecule has 0 saturated carbocycles. The van der Waals surface area contributed by atoms with Crippen LogP contribution in [0.5, 0.6) is 0 Å². The van der Waals surface area contributed by atoms with Crippen LogP contribution in [0.1, 0.15) is 61.3 Å². The number of rotatable bonds is 15. The first-order valence-electron chi connectivity index (χ1n) is 17.9. The Hall–Kier alpha value is -5.76. The van der Waals surface area contributed by atoms with Crippen LogP contribution in [0.15, 0.2) is 48.1 Å². The van der Waals surface area contributed by atoms with E-state index in [0.717, 1.165) is 27.7 Å². The lowest BCUT2D eigenvalue weighted by molar-refractivity contribution is -0.166. The van der Waals surface area contributed by atoms with Crippen molar-refractivity contribution in [1.29, 1.82) is 0 Å². The van der Waals surface area contributed by atoms with Gasteiger partial charge in [0.2, 0.25) is 0 Å². The van der Waals surface area contributed by atoms with E-state index < -0.39 is 103 Å². The Morgan fingerprint density at radius 1 is 0.579 bits per heavy atom. The first-order valence-corrected chi connectivity index (χ1v) is 17.9. The van der Waals surface area contributed by atoms with E-state index in [2.05, 4.69) is 0 Å². The topological polar surface area (TPSA) is 235 Å². The summed E-state index contributed by atoms with van der Waals surface area (Å²) >= 11 is 0. The van der Waals surface area contributed by atoms with Crippen LogP contribution in [0.2, 0.25) is 0 Å². The van der Waals surface area contributed by atoms with Crippen molar-refractivity contribution in [2.75, 3.05) is 19.8 Å². The lowest BCUT2D eigenvalue weighted by atomic mass is 10.1. The van der Waals surface area contributed by atoms with Crippen LogP contribution in [0.3, 0.4) is 0 Å². The molecule has 9 atom stereocenters. The average Bonchev–Trinajstić information content (AvgIpc) is 3.63. The van der Waals surface area contributed by atoms with Gasteiger partial charge in [0.1, 0.15) is 38.1 Å². The maximum Gasteiger partial charge on any atom is 0.336 e. The van der Waals surface area contributed by atoms with Crippen molar-refractivity contribution in [2.45, 2.75) is 116 Å². The predicted octanol–water partition coefficient (Wildman–Crippen LogP) is 0.971. The molecule has 0 aromatic rings. The molecule has 0 radical (unpaired) electrons. The largest absolute Gasteiger partial charge is 0.463 e. The highest BCUT2D eigenvalue weighted by molar-refractivity contribution is 5.90. The minimum Gasteiger partial charge on any atom is -0.463 e. The third kappa shape index (κ3) is 12.4. The quantitative estimate of drug-likeness (QED) is 0.166. The van der Waals surface area contributed by atoms with E-state index in [0.29, 0.717) is 0 Å². The zero-order valence-corrected chi connectivity index (χ0v) is 32.4. The molecule has 2 saturated heterocycles. The van der Waals surface area contributed by atoms with Crippen molar-refractivity contribution >= 4 is 47.8 Å². The van der Waals surface area contributed by atoms with Crippen LogP contribution in [-0.2, 0) is 85.7 Å². The zero-order valence-electron chi connectivity index (χ0n) is 32.4. The molecule has 4 aliphatic heterocycles. The van der Waals surface area contributed by atoms with E-state index in [1.807, 2.05) is 0 Å². The van der Waals surface area contributed by atoms with E-state index in [9.17, 15) is 38.4 Å². The highest BCUT2D eigenvalue weighted by Gasteiger charge is 2.53. The molecule has 4 heterocycles. The molecule has 0 amide bonds. The summed E-state index contributed by atoms with van der Waals surface area (Å²) in [7, 11) is 0. The Balaban J connectivity index is 1.40. The fourth-order valence-electron chi connectivity index (χ4n) is 6.19. The van der Waals surface area contributed by atoms with Crippen molar-refractivity contribution in [3.63, 3.8) is 0 Å². The minimum absolute atomic E-state index is 0.143. The van der Waals surface area contributed by atoms with Crippen molar-refractivity contribution in [2.24, 2.45) is 0 Å². The van der Waals surface area contributed by atoms with Crippen LogP contribution >= 0.6 is 0 Å². The third-order valence-electron chi connectivity index (χ3n) is 8.39. The first kappa shape index (κ1) is 44.0. The highest BCUT2D eigenvalue weighted by atomic mass is 16.7. The maximum absolute atomic E-state index is 13.2. The number of hydrogen-bond donors (Lipinski definition) is 0. The van der Waals surface area contributed by atoms with Gasteiger partial charge in [-0.05, 0) is 6.92 Å². The summed E-state index contributed by atoms with van der Waals surface area (Å²) < 4.78 is 54.9. The molecule has 2 fully saturated rings. The number of allylic oxidation sites excluding steroid dienone is 2. The summed E-state index contributed by atoms with van der Waals surface area (Å²) in [6.45, 7) is 7.58. The van der Waals surface area contributed by atoms with Crippen molar-refractivity contribution in [3.8, 4) is 0 Å². The predicted molar refractivity (Wildman–Crippen MR) is 187 cm³/mol. The number of nitrogens with zero attached hydrogens (tertiary/aromatic N) is 2. The lowest BCUT2D eigenvalue weighted by Gasteiger charge is -2.31. The molecule has 1 unspecified atom stereocenters. The summed E-state index contributed by atoms with van der Waals surface area (Å²) in [5, 5.41) is 0. The molecule has 20 nitrogen and oxygen atoms in total. The average molecular weight is 807 g/mol. The molecule has 57 heavy (non-hydrogen) atoms. The van der Waals surface area contributed by atoms with Gasteiger partial charge in [0.05, 0.1) is 11.1 Å². The van der Waals surface area contributed by atoms with Gasteiger partial charge < -0.3 is 57.2 Å². The van der Waals surface area contributed by atoms with Crippen molar-refractivity contribution < 1.29 is 85.7 Å². The Morgan fingerprint density at radius 2 is 0.965 bits per heavy atom. The normalized spacial score (nSPS) is 26.9. The summed E-state index contributed by atoms with van der Waals surface area (Å²) in [4.78, 5) is 100. The maximum atomic E-state index is 13.2. The molecule has 0 aromatic heterocycles. The molecule has 0 aliphatic carbocycles. The Bertz CT molecular complexity index is 1700. The van der Waals surface area contributed by atoms with Crippen LogP contribution in [0.4, 0.5) is 0 Å². The number of ether oxygens (including phenoxy) is 10. The Labute approximate surface area is 327 Å².